The van der Waals surface area contributed by atoms with Crippen LogP contribution in [0.5, 0.6) is 0 Å². The van der Waals surface area contributed by atoms with Crippen LogP contribution in [0.2, 0.25) is 0 Å². The van der Waals surface area contributed by atoms with Gasteiger partial charge in [0.1, 0.15) is 0 Å². The number of para-hydroxylation sites is 1. The molecule has 0 radical (unpaired) electrons. The lowest BCUT2D eigenvalue weighted by atomic mass is 9.74. The van der Waals surface area contributed by atoms with Crippen LogP contribution in [-0.4, -0.2) is 24.5 Å². The normalized spacial score (nSPS) is 26.9. The van der Waals surface area contributed by atoms with E-state index in [0.717, 1.165) is 24.4 Å². The standard InChI is InChI=1S/C24H38N2O/c1-18(2)22-15-14-19(3)16-23(22)25-17-24(27)26(20-10-6-4-7-11-20)21-12-8-5-9-13-21/h4,6-7,10-11,18-19,21-23,25H,5,8-9,12-17H2,1-3H3. The Labute approximate surface area is 165 Å². The minimum Gasteiger partial charge on any atom is -0.308 e. The molecule has 27 heavy (non-hydrogen) atoms. The lowest BCUT2D eigenvalue weighted by Crippen LogP contribution is -2.50. The third-order valence-corrected chi connectivity index (χ3v) is 6.78. The second-order valence-corrected chi connectivity index (χ2v) is 9.20. The molecule has 1 amide bonds. The molecule has 2 aliphatic rings. The number of benzene rings is 1. The predicted octanol–water partition coefficient (Wildman–Crippen LogP) is 5.40. The van der Waals surface area contributed by atoms with E-state index in [4.69, 9.17) is 0 Å². The van der Waals surface area contributed by atoms with Crippen LogP contribution in [0.15, 0.2) is 30.3 Å². The van der Waals surface area contributed by atoms with Gasteiger partial charge in [-0.25, -0.2) is 0 Å². The van der Waals surface area contributed by atoms with Gasteiger partial charge in [-0.05, 0) is 55.6 Å². The summed E-state index contributed by atoms with van der Waals surface area (Å²) >= 11 is 0. The molecular formula is C24H38N2O. The molecule has 0 aromatic heterocycles. The molecule has 3 heteroatoms. The Morgan fingerprint density at radius 1 is 1.07 bits per heavy atom. The number of rotatable bonds is 6. The number of nitrogens with zero attached hydrogens (tertiary/aromatic N) is 1. The zero-order valence-electron chi connectivity index (χ0n) is 17.5. The highest BCUT2D eigenvalue weighted by Crippen LogP contribution is 2.33. The van der Waals surface area contributed by atoms with Crippen molar-refractivity contribution in [2.24, 2.45) is 17.8 Å². The van der Waals surface area contributed by atoms with E-state index >= 15 is 0 Å². The Kier molecular flexibility index (Phi) is 7.34. The van der Waals surface area contributed by atoms with Gasteiger partial charge in [-0.1, -0.05) is 64.7 Å². The Hall–Kier alpha value is -1.35. The minimum absolute atomic E-state index is 0.244. The van der Waals surface area contributed by atoms with E-state index in [9.17, 15) is 4.79 Å². The van der Waals surface area contributed by atoms with Crippen LogP contribution < -0.4 is 10.2 Å². The summed E-state index contributed by atoms with van der Waals surface area (Å²) in [5.74, 6) is 2.37. The lowest BCUT2D eigenvalue weighted by Gasteiger charge is -2.39. The highest BCUT2D eigenvalue weighted by Gasteiger charge is 2.32. The number of hydrogen-bond donors (Lipinski definition) is 1. The van der Waals surface area contributed by atoms with E-state index in [2.05, 4.69) is 43.1 Å². The van der Waals surface area contributed by atoms with E-state index in [1.165, 1.54) is 38.5 Å². The molecule has 2 saturated carbocycles. The summed E-state index contributed by atoms with van der Waals surface area (Å²) < 4.78 is 0. The molecular weight excluding hydrogens is 332 g/mol. The van der Waals surface area contributed by atoms with Crippen molar-refractivity contribution >= 4 is 11.6 Å². The first-order valence-corrected chi connectivity index (χ1v) is 11.2. The van der Waals surface area contributed by atoms with E-state index in [1.54, 1.807) is 0 Å². The van der Waals surface area contributed by atoms with Gasteiger partial charge in [0.25, 0.3) is 0 Å². The van der Waals surface area contributed by atoms with Crippen LogP contribution in [0, 0.1) is 17.8 Å². The second kappa shape index (κ2) is 9.73. The first kappa shape index (κ1) is 20.4. The van der Waals surface area contributed by atoms with Crippen molar-refractivity contribution in [3.8, 4) is 0 Å². The number of carbonyl (C=O) groups excluding carboxylic acids is 1. The first-order chi connectivity index (χ1) is 13.1. The monoisotopic (exact) mass is 370 g/mol. The summed E-state index contributed by atoms with van der Waals surface area (Å²) in [4.78, 5) is 15.4. The highest BCUT2D eigenvalue weighted by atomic mass is 16.2. The summed E-state index contributed by atoms with van der Waals surface area (Å²) in [6.45, 7) is 7.47. The van der Waals surface area contributed by atoms with E-state index in [-0.39, 0.29) is 5.91 Å². The molecule has 0 heterocycles. The molecule has 0 spiro atoms. The number of nitrogens with one attached hydrogen (secondary N) is 1. The molecule has 3 rings (SSSR count). The zero-order chi connectivity index (χ0) is 19.2. The van der Waals surface area contributed by atoms with E-state index < -0.39 is 0 Å². The summed E-state index contributed by atoms with van der Waals surface area (Å²) in [6.07, 6.45) is 9.87. The fourth-order valence-electron chi connectivity index (χ4n) is 5.23. The van der Waals surface area contributed by atoms with E-state index in [1.807, 2.05) is 18.2 Å². The smallest absolute Gasteiger partial charge is 0.241 e. The molecule has 3 unspecified atom stereocenters. The van der Waals surface area contributed by atoms with Gasteiger partial charge in [0.15, 0.2) is 0 Å². The average Bonchev–Trinajstić information content (AvgIpc) is 2.68. The topological polar surface area (TPSA) is 32.3 Å². The van der Waals surface area contributed by atoms with Crippen LogP contribution in [-0.2, 0) is 4.79 Å². The van der Waals surface area contributed by atoms with Gasteiger partial charge in [0.2, 0.25) is 5.91 Å². The minimum atomic E-state index is 0.244. The molecule has 2 aliphatic carbocycles. The molecule has 3 atom stereocenters. The molecule has 2 fully saturated rings. The fourth-order valence-corrected chi connectivity index (χ4v) is 5.23. The van der Waals surface area contributed by atoms with Crippen molar-refractivity contribution in [3.63, 3.8) is 0 Å². The van der Waals surface area contributed by atoms with Gasteiger partial charge in [-0.3, -0.25) is 4.79 Å². The third-order valence-electron chi connectivity index (χ3n) is 6.78. The predicted molar refractivity (Wildman–Crippen MR) is 114 cm³/mol. The maximum Gasteiger partial charge on any atom is 0.241 e. The maximum absolute atomic E-state index is 13.3. The molecule has 1 aromatic rings. The molecule has 0 saturated heterocycles. The summed E-state index contributed by atoms with van der Waals surface area (Å²) in [7, 11) is 0. The Morgan fingerprint density at radius 3 is 2.44 bits per heavy atom. The van der Waals surface area contributed by atoms with Crippen molar-refractivity contribution < 1.29 is 4.79 Å². The molecule has 1 N–H and O–H groups in total. The van der Waals surface area contributed by atoms with Gasteiger partial charge in [-0.15, -0.1) is 0 Å². The second-order valence-electron chi connectivity index (χ2n) is 9.20. The van der Waals surface area contributed by atoms with Gasteiger partial charge in [-0.2, -0.15) is 0 Å². The molecule has 150 valence electrons. The average molecular weight is 371 g/mol. The highest BCUT2D eigenvalue weighted by molar-refractivity contribution is 5.95. The van der Waals surface area contributed by atoms with Gasteiger partial charge < -0.3 is 10.2 Å². The van der Waals surface area contributed by atoms with Crippen molar-refractivity contribution in [1.82, 2.24) is 5.32 Å². The fraction of sp³-hybridized carbons (Fsp3) is 0.708. The van der Waals surface area contributed by atoms with Crippen LogP contribution in [0.25, 0.3) is 0 Å². The number of carbonyl (C=O) groups is 1. The first-order valence-electron chi connectivity index (χ1n) is 11.2. The van der Waals surface area contributed by atoms with Gasteiger partial charge in [0.05, 0.1) is 6.54 Å². The summed E-state index contributed by atoms with van der Waals surface area (Å²) in [6, 6.07) is 11.1. The van der Waals surface area contributed by atoms with Gasteiger partial charge >= 0.3 is 0 Å². The van der Waals surface area contributed by atoms with Gasteiger partial charge in [0, 0.05) is 17.8 Å². The number of amides is 1. The van der Waals surface area contributed by atoms with Crippen molar-refractivity contribution in [3.05, 3.63) is 30.3 Å². The number of hydrogen-bond acceptors (Lipinski definition) is 2. The third kappa shape index (κ3) is 5.34. The summed E-state index contributed by atoms with van der Waals surface area (Å²) in [5.41, 5.74) is 1.06. The van der Waals surface area contributed by atoms with Crippen LogP contribution >= 0.6 is 0 Å². The van der Waals surface area contributed by atoms with E-state index in [0.29, 0.717) is 30.5 Å². The zero-order valence-corrected chi connectivity index (χ0v) is 17.5. The Bertz CT molecular complexity index is 579. The summed E-state index contributed by atoms with van der Waals surface area (Å²) in [5, 5.41) is 3.68. The van der Waals surface area contributed by atoms with Crippen molar-refractivity contribution in [2.45, 2.75) is 84.2 Å². The van der Waals surface area contributed by atoms with Crippen LogP contribution in [0.3, 0.4) is 0 Å². The Balaban J connectivity index is 1.68. The molecule has 1 aromatic carbocycles. The SMILES string of the molecule is CC1CCC(C(C)C)C(NCC(=O)N(c2ccccc2)C2CCCCC2)C1. The largest absolute Gasteiger partial charge is 0.308 e. The van der Waals surface area contributed by atoms with Crippen LogP contribution in [0.1, 0.15) is 72.1 Å². The molecule has 0 bridgehead atoms. The number of anilines is 1. The Morgan fingerprint density at radius 2 is 1.78 bits per heavy atom. The molecule has 3 nitrogen and oxygen atoms in total. The lowest BCUT2D eigenvalue weighted by molar-refractivity contribution is -0.118. The molecule has 0 aliphatic heterocycles. The van der Waals surface area contributed by atoms with Crippen molar-refractivity contribution in [2.75, 3.05) is 11.4 Å². The maximum atomic E-state index is 13.3. The quantitative estimate of drug-likeness (QED) is 0.727. The van der Waals surface area contributed by atoms with Crippen molar-refractivity contribution in [1.29, 1.82) is 0 Å². The van der Waals surface area contributed by atoms with Crippen LogP contribution in [0.4, 0.5) is 5.69 Å².